The lowest BCUT2D eigenvalue weighted by Gasteiger charge is -2.05. The van der Waals surface area contributed by atoms with Gasteiger partial charge in [0.05, 0.1) is 6.20 Å². The number of aryl methyl sites for hydroxylation is 1. The van der Waals surface area contributed by atoms with Crippen LogP contribution in [0.15, 0.2) is 73.1 Å². The summed E-state index contributed by atoms with van der Waals surface area (Å²) in [7, 11) is 1.83. The van der Waals surface area contributed by atoms with Crippen LogP contribution < -0.4 is 0 Å². The molecule has 0 bridgehead atoms. The molecule has 0 radical (unpaired) electrons. The molecule has 0 spiro atoms. The van der Waals surface area contributed by atoms with Crippen LogP contribution in [0.1, 0.15) is 11.1 Å². The number of ether oxygens (including phenoxy) is 1. The Morgan fingerprint density at radius 3 is 2.46 bits per heavy atom. The van der Waals surface area contributed by atoms with Gasteiger partial charge in [-0.15, -0.1) is 0 Å². The van der Waals surface area contributed by atoms with E-state index in [1.54, 1.807) is 17.0 Å². The summed E-state index contributed by atoms with van der Waals surface area (Å²) in [6, 6.07) is 18.2. The highest BCUT2D eigenvalue weighted by atomic mass is 16.5. The number of carbonyl (C=O) groups is 1. The van der Waals surface area contributed by atoms with Gasteiger partial charge < -0.3 is 4.74 Å². The second-order valence-corrected chi connectivity index (χ2v) is 5.45. The maximum Gasteiger partial charge on any atom is 0.331 e. The van der Waals surface area contributed by atoms with E-state index in [4.69, 9.17) is 4.74 Å². The van der Waals surface area contributed by atoms with Gasteiger partial charge in [0.1, 0.15) is 6.61 Å². The Balaban J connectivity index is 1.55. The summed E-state index contributed by atoms with van der Waals surface area (Å²) in [5, 5.41) is 4.03. The van der Waals surface area contributed by atoms with Crippen molar-refractivity contribution in [2.45, 2.75) is 6.61 Å². The van der Waals surface area contributed by atoms with E-state index in [0.717, 1.165) is 16.7 Å². The summed E-state index contributed by atoms with van der Waals surface area (Å²) in [6.07, 6.45) is 6.61. The fourth-order valence-corrected chi connectivity index (χ4v) is 2.32. The molecule has 24 heavy (non-hydrogen) atoms. The molecule has 0 aliphatic carbocycles. The molecule has 0 aliphatic rings. The molecular weight excluding hydrogens is 300 g/mol. The molecule has 3 aromatic rings. The number of benzene rings is 2. The van der Waals surface area contributed by atoms with Crippen molar-refractivity contribution in [1.29, 1.82) is 0 Å². The van der Waals surface area contributed by atoms with Gasteiger partial charge in [-0.3, -0.25) is 4.68 Å². The minimum absolute atomic E-state index is 0.255. The normalized spacial score (nSPS) is 10.9. The summed E-state index contributed by atoms with van der Waals surface area (Å²) in [4.78, 5) is 11.7. The first-order valence-corrected chi connectivity index (χ1v) is 7.68. The molecule has 0 unspecified atom stereocenters. The molecule has 0 amide bonds. The Morgan fingerprint density at radius 1 is 1.08 bits per heavy atom. The largest absolute Gasteiger partial charge is 0.458 e. The first kappa shape index (κ1) is 15.7. The van der Waals surface area contributed by atoms with E-state index in [1.807, 2.05) is 55.7 Å². The van der Waals surface area contributed by atoms with Gasteiger partial charge in [-0.1, -0.05) is 54.6 Å². The number of carbonyl (C=O) groups excluding carboxylic acids is 1. The lowest BCUT2D eigenvalue weighted by atomic mass is 10.0. The lowest BCUT2D eigenvalue weighted by molar-refractivity contribution is -0.138. The Kier molecular flexibility index (Phi) is 4.87. The number of aromatic nitrogens is 2. The van der Waals surface area contributed by atoms with Crippen molar-refractivity contribution < 1.29 is 9.53 Å². The minimum atomic E-state index is -0.369. The van der Waals surface area contributed by atoms with Crippen molar-refractivity contribution in [3.63, 3.8) is 0 Å². The summed E-state index contributed by atoms with van der Waals surface area (Å²) in [5.41, 5.74) is 4.13. The summed E-state index contributed by atoms with van der Waals surface area (Å²) in [6.45, 7) is 0.255. The van der Waals surface area contributed by atoms with E-state index in [1.165, 1.54) is 11.6 Å². The fourth-order valence-electron chi connectivity index (χ4n) is 2.32. The maximum atomic E-state index is 11.7. The van der Waals surface area contributed by atoms with Gasteiger partial charge >= 0.3 is 5.97 Å². The zero-order valence-corrected chi connectivity index (χ0v) is 13.4. The van der Waals surface area contributed by atoms with Gasteiger partial charge in [0.2, 0.25) is 0 Å². The molecule has 0 atom stereocenters. The highest BCUT2D eigenvalue weighted by Gasteiger charge is 2.01. The monoisotopic (exact) mass is 318 g/mol. The summed E-state index contributed by atoms with van der Waals surface area (Å²) >= 11 is 0. The first-order valence-electron chi connectivity index (χ1n) is 7.68. The maximum absolute atomic E-state index is 11.7. The Hall–Kier alpha value is -3.14. The molecule has 2 aromatic carbocycles. The zero-order valence-electron chi connectivity index (χ0n) is 13.4. The molecule has 0 N–H and O–H groups in total. The number of nitrogens with zero attached hydrogens (tertiary/aromatic N) is 2. The van der Waals surface area contributed by atoms with E-state index < -0.39 is 0 Å². The molecule has 4 nitrogen and oxygen atoms in total. The van der Waals surface area contributed by atoms with Crippen molar-refractivity contribution in [3.05, 3.63) is 84.2 Å². The van der Waals surface area contributed by atoms with Crippen LogP contribution in [0.5, 0.6) is 0 Å². The van der Waals surface area contributed by atoms with E-state index in [9.17, 15) is 4.79 Å². The van der Waals surface area contributed by atoms with Gasteiger partial charge in [-0.05, 0) is 22.8 Å². The lowest BCUT2D eigenvalue weighted by Crippen LogP contribution is -2.00. The van der Waals surface area contributed by atoms with Gasteiger partial charge in [-0.2, -0.15) is 5.10 Å². The Labute approximate surface area is 141 Å². The van der Waals surface area contributed by atoms with Crippen LogP contribution in [0.2, 0.25) is 0 Å². The third-order valence-electron chi connectivity index (χ3n) is 3.58. The number of hydrogen-bond donors (Lipinski definition) is 0. The standard InChI is InChI=1S/C20H18N2O2/c1-22-14-17(13-21-22)9-12-20(23)24-15-16-7-10-19(11-8-16)18-5-3-2-4-6-18/h2-14H,15H2,1H3/b12-9-. The first-order chi connectivity index (χ1) is 11.7. The molecule has 0 fully saturated rings. The molecule has 3 rings (SSSR count). The number of esters is 1. The molecule has 120 valence electrons. The van der Waals surface area contributed by atoms with Crippen LogP contribution in [0.4, 0.5) is 0 Å². The van der Waals surface area contributed by atoms with Crippen LogP contribution in [0, 0.1) is 0 Å². The van der Waals surface area contributed by atoms with Gasteiger partial charge in [-0.25, -0.2) is 4.79 Å². The predicted octanol–water partition coefficient (Wildman–Crippen LogP) is 3.84. The molecule has 1 aromatic heterocycles. The van der Waals surface area contributed by atoms with Crippen LogP contribution in [0.3, 0.4) is 0 Å². The number of hydrogen-bond acceptors (Lipinski definition) is 3. The van der Waals surface area contributed by atoms with Gasteiger partial charge in [0.25, 0.3) is 0 Å². The molecule has 4 heteroatoms. The van der Waals surface area contributed by atoms with Gasteiger partial charge in [0.15, 0.2) is 0 Å². The van der Waals surface area contributed by atoms with Crippen LogP contribution in [0.25, 0.3) is 17.2 Å². The number of rotatable bonds is 5. The van der Waals surface area contributed by atoms with Crippen molar-refractivity contribution in [3.8, 4) is 11.1 Å². The molecule has 0 saturated heterocycles. The Bertz CT molecular complexity index is 834. The second kappa shape index (κ2) is 7.42. The highest BCUT2D eigenvalue weighted by molar-refractivity contribution is 5.86. The third-order valence-corrected chi connectivity index (χ3v) is 3.58. The molecule has 0 saturated carbocycles. The smallest absolute Gasteiger partial charge is 0.331 e. The topological polar surface area (TPSA) is 44.1 Å². The van der Waals surface area contributed by atoms with Crippen molar-refractivity contribution >= 4 is 12.0 Å². The average molecular weight is 318 g/mol. The fraction of sp³-hybridized carbons (Fsp3) is 0.100. The van der Waals surface area contributed by atoms with E-state index in [-0.39, 0.29) is 12.6 Å². The zero-order chi connectivity index (χ0) is 16.8. The predicted molar refractivity (Wildman–Crippen MR) is 93.9 cm³/mol. The van der Waals surface area contributed by atoms with E-state index in [0.29, 0.717) is 0 Å². The highest BCUT2D eigenvalue weighted by Crippen LogP contribution is 2.19. The second-order valence-electron chi connectivity index (χ2n) is 5.45. The van der Waals surface area contributed by atoms with Crippen molar-refractivity contribution in [2.24, 2.45) is 7.05 Å². The molecular formula is C20H18N2O2. The molecule has 0 aliphatic heterocycles. The van der Waals surface area contributed by atoms with E-state index >= 15 is 0 Å². The third kappa shape index (κ3) is 4.20. The van der Waals surface area contributed by atoms with E-state index in [2.05, 4.69) is 17.2 Å². The van der Waals surface area contributed by atoms with Gasteiger partial charge in [0, 0.05) is 24.9 Å². The summed E-state index contributed by atoms with van der Waals surface area (Å²) < 4.78 is 6.93. The van der Waals surface area contributed by atoms with Crippen LogP contribution in [-0.4, -0.2) is 15.7 Å². The van der Waals surface area contributed by atoms with Crippen LogP contribution >= 0.6 is 0 Å². The van der Waals surface area contributed by atoms with Crippen molar-refractivity contribution in [2.75, 3.05) is 0 Å². The quantitative estimate of drug-likeness (QED) is 0.530. The summed E-state index contributed by atoms with van der Waals surface area (Å²) in [5.74, 6) is -0.369. The Morgan fingerprint density at radius 2 is 1.79 bits per heavy atom. The van der Waals surface area contributed by atoms with Crippen molar-refractivity contribution in [1.82, 2.24) is 9.78 Å². The van der Waals surface area contributed by atoms with Crippen LogP contribution in [-0.2, 0) is 23.2 Å². The SMILES string of the molecule is Cn1cc(/C=C\C(=O)OCc2ccc(-c3ccccc3)cc2)cn1. The molecule has 1 heterocycles. The minimum Gasteiger partial charge on any atom is -0.458 e. The average Bonchev–Trinajstić information content (AvgIpc) is 3.05.